The number of fused-ring (bicyclic) bond motifs is 1. The first kappa shape index (κ1) is 28.1. The van der Waals surface area contributed by atoms with Crippen LogP contribution in [0.25, 0.3) is 17.4 Å². The van der Waals surface area contributed by atoms with Gasteiger partial charge in [0.2, 0.25) is 0 Å². The molecule has 5 heteroatoms. The van der Waals surface area contributed by atoms with Gasteiger partial charge in [-0.3, -0.25) is 0 Å². The van der Waals surface area contributed by atoms with Crippen LogP contribution in [0.3, 0.4) is 0 Å². The standard InChI is InChI=1S/C28H22BO3.CH3.K/c1-5-20-10-12-21(13-11-20)26-16-18(3)23-14-17(2)15-24(27(23)32-26)19(4)29-25-9-7-6-8-22(25)28(30)31;;/h1,5-10,12-16,19H,3H2,2,4H3,(H,30,31);1H3;/q-2;-1;+1. The summed E-state index contributed by atoms with van der Waals surface area (Å²) in [5.41, 5.74) is 6.50. The fourth-order valence-electron chi connectivity index (χ4n) is 3.90. The summed E-state index contributed by atoms with van der Waals surface area (Å²) < 4.78 is 6.39. The zero-order chi connectivity index (χ0) is 22.8. The summed E-state index contributed by atoms with van der Waals surface area (Å²) in [6.45, 7) is 13.9. The number of aryl methyl sites for hydroxylation is 1. The Labute approximate surface area is 245 Å². The first-order valence-electron chi connectivity index (χ1n) is 10.3. The SMILES string of the molecule is [CH-]=Cc1[c-]cc(C2=CC(=C)c3cc(C)cc(C(C)[B]c4ccccc4C(=O)O)c3O2)cc1.[CH3-].[K+]. The van der Waals surface area contributed by atoms with Crippen molar-refractivity contribution < 1.29 is 66.0 Å². The molecule has 3 nitrogen and oxygen atoms in total. The molecule has 1 N–H and O–H groups in total. The molecule has 0 saturated carbocycles. The second-order valence-corrected chi connectivity index (χ2v) is 7.91. The first-order valence-corrected chi connectivity index (χ1v) is 10.3. The summed E-state index contributed by atoms with van der Waals surface area (Å²) in [5, 5.41) is 9.54. The smallest absolute Gasteiger partial charge is 0.478 e. The number of allylic oxidation sites excluding steroid dienone is 2. The number of rotatable bonds is 6. The molecule has 4 rings (SSSR count). The summed E-state index contributed by atoms with van der Waals surface area (Å²) in [5.74, 6) is 0.395. The molecule has 3 aromatic carbocycles. The van der Waals surface area contributed by atoms with Crippen molar-refractivity contribution >= 4 is 36.1 Å². The van der Waals surface area contributed by atoms with Crippen molar-refractivity contribution in [3.05, 3.63) is 121 Å². The maximum absolute atomic E-state index is 11.6. The monoisotopic (exact) mass is 471 g/mol. The van der Waals surface area contributed by atoms with Gasteiger partial charge >= 0.3 is 57.4 Å². The van der Waals surface area contributed by atoms with Crippen LogP contribution in [0.15, 0.2) is 67.3 Å². The third kappa shape index (κ3) is 5.91. The maximum Gasteiger partial charge on any atom is 1.00 e. The molecule has 0 aromatic heterocycles. The zero-order valence-electron chi connectivity index (χ0n) is 20.1. The molecule has 3 aromatic rings. The molecule has 0 saturated heterocycles. The van der Waals surface area contributed by atoms with E-state index in [-0.39, 0.29) is 70.2 Å². The largest absolute Gasteiger partial charge is 1.00 e. The van der Waals surface area contributed by atoms with Crippen molar-refractivity contribution in [1.82, 2.24) is 0 Å². The van der Waals surface area contributed by atoms with Gasteiger partial charge in [0.05, 0.1) is 11.3 Å². The molecule has 1 atom stereocenters. The average molecular weight is 471 g/mol. The number of carboxylic acid groups (broad SMARTS) is 1. The number of carbonyl (C=O) groups is 1. The van der Waals surface area contributed by atoms with Crippen molar-refractivity contribution in [2.24, 2.45) is 0 Å². The van der Waals surface area contributed by atoms with E-state index in [9.17, 15) is 9.90 Å². The number of hydrogen-bond donors (Lipinski definition) is 1. The fourth-order valence-corrected chi connectivity index (χ4v) is 3.90. The van der Waals surface area contributed by atoms with Gasteiger partial charge in [-0.2, -0.15) is 12.1 Å². The van der Waals surface area contributed by atoms with Gasteiger partial charge in [-0.1, -0.05) is 48.8 Å². The Hall–Kier alpha value is -2.15. The number of aromatic carboxylic acids is 1. The molecular formula is C29H25BKO3-2. The molecule has 1 radical (unpaired) electrons. The van der Waals surface area contributed by atoms with Gasteiger partial charge in [0, 0.05) is 5.56 Å². The van der Waals surface area contributed by atoms with Gasteiger partial charge in [-0.15, -0.1) is 0 Å². The van der Waals surface area contributed by atoms with Crippen molar-refractivity contribution in [3.8, 4) is 5.75 Å². The van der Waals surface area contributed by atoms with Crippen LogP contribution in [0.5, 0.6) is 5.75 Å². The zero-order valence-corrected chi connectivity index (χ0v) is 23.2. The number of carboxylic acids is 1. The molecule has 0 spiro atoms. The molecule has 0 bridgehead atoms. The maximum atomic E-state index is 11.6. The first-order chi connectivity index (χ1) is 15.4. The van der Waals surface area contributed by atoms with E-state index in [0.29, 0.717) is 11.2 Å². The Kier molecular flexibility index (Phi) is 9.92. The molecule has 0 fully saturated rings. The van der Waals surface area contributed by atoms with Crippen molar-refractivity contribution in [1.29, 1.82) is 0 Å². The van der Waals surface area contributed by atoms with Crippen LogP contribution in [0.1, 0.15) is 50.9 Å². The molecule has 165 valence electrons. The quantitative estimate of drug-likeness (QED) is 0.444. The van der Waals surface area contributed by atoms with Gasteiger partial charge in [-0.25, -0.2) is 16.9 Å². The Morgan fingerprint density at radius 3 is 2.62 bits per heavy atom. The minimum absolute atomic E-state index is 0. The van der Waals surface area contributed by atoms with E-state index in [1.807, 2.05) is 57.5 Å². The van der Waals surface area contributed by atoms with Gasteiger partial charge in [0.25, 0.3) is 0 Å². The van der Waals surface area contributed by atoms with Crippen LogP contribution >= 0.6 is 0 Å². The second kappa shape index (κ2) is 12.0. The molecule has 1 unspecified atom stereocenters. The molecule has 1 heterocycles. The van der Waals surface area contributed by atoms with Crippen molar-refractivity contribution in [2.45, 2.75) is 19.7 Å². The average Bonchev–Trinajstić information content (AvgIpc) is 2.79. The summed E-state index contributed by atoms with van der Waals surface area (Å²) in [6.07, 6.45) is 3.43. The van der Waals surface area contributed by atoms with Crippen LogP contribution in [0.2, 0.25) is 0 Å². The van der Waals surface area contributed by atoms with E-state index in [4.69, 9.17) is 11.3 Å². The molecule has 1 aliphatic heterocycles. The third-order valence-electron chi connectivity index (χ3n) is 5.54. The Bertz CT molecular complexity index is 1260. The topological polar surface area (TPSA) is 46.5 Å². The summed E-state index contributed by atoms with van der Waals surface area (Å²) in [6, 6.07) is 19.9. The van der Waals surface area contributed by atoms with E-state index >= 15 is 0 Å². The van der Waals surface area contributed by atoms with Gasteiger partial charge in [0.15, 0.2) is 7.28 Å². The number of hydrogen-bond acceptors (Lipinski definition) is 2. The number of benzene rings is 3. The van der Waals surface area contributed by atoms with Crippen LogP contribution in [-0.2, 0) is 0 Å². The Morgan fingerprint density at radius 1 is 1.24 bits per heavy atom. The van der Waals surface area contributed by atoms with Crippen LogP contribution in [0, 0.1) is 27.0 Å². The third-order valence-corrected chi connectivity index (χ3v) is 5.54. The summed E-state index contributed by atoms with van der Waals surface area (Å²) in [4.78, 5) is 11.6. The van der Waals surface area contributed by atoms with Crippen molar-refractivity contribution in [3.63, 3.8) is 0 Å². The molecule has 1 aliphatic rings. The second-order valence-electron chi connectivity index (χ2n) is 7.91. The van der Waals surface area contributed by atoms with E-state index in [1.54, 1.807) is 12.1 Å². The van der Waals surface area contributed by atoms with E-state index in [0.717, 1.165) is 39.1 Å². The Morgan fingerprint density at radius 2 is 1.97 bits per heavy atom. The molecule has 0 amide bonds. The predicted molar refractivity (Wildman–Crippen MR) is 136 cm³/mol. The van der Waals surface area contributed by atoms with Crippen molar-refractivity contribution in [2.75, 3.05) is 0 Å². The molecule has 0 aliphatic carbocycles. The van der Waals surface area contributed by atoms with Gasteiger partial charge < -0.3 is 35.5 Å². The Balaban J connectivity index is 0.00000204. The van der Waals surface area contributed by atoms with Crippen LogP contribution < -0.4 is 61.6 Å². The minimum Gasteiger partial charge on any atom is -0.478 e. The molecule has 34 heavy (non-hydrogen) atoms. The molecular weight excluding hydrogens is 446 g/mol. The van der Waals surface area contributed by atoms with Crippen LogP contribution in [0.4, 0.5) is 0 Å². The van der Waals surface area contributed by atoms with E-state index in [2.05, 4.69) is 24.8 Å². The van der Waals surface area contributed by atoms with Gasteiger partial charge in [0.1, 0.15) is 5.75 Å². The fraction of sp³-hybridized carbons (Fsp3) is 0.103. The summed E-state index contributed by atoms with van der Waals surface area (Å²) in [7, 11) is 1.96. The predicted octanol–water partition coefficient (Wildman–Crippen LogP) is 2.93. The van der Waals surface area contributed by atoms with Gasteiger partial charge in [-0.05, 0) is 47.6 Å². The van der Waals surface area contributed by atoms with E-state index in [1.165, 1.54) is 6.08 Å². The van der Waals surface area contributed by atoms with E-state index < -0.39 is 5.97 Å². The van der Waals surface area contributed by atoms with Crippen LogP contribution in [-0.4, -0.2) is 18.4 Å². The minimum atomic E-state index is -0.945. The number of ether oxygens (including phenoxy) is 1. The summed E-state index contributed by atoms with van der Waals surface area (Å²) >= 11 is 0. The normalized spacial score (nSPS) is 12.6.